The van der Waals surface area contributed by atoms with E-state index in [1.807, 2.05) is 25.2 Å². The molecule has 0 aliphatic rings. The molecule has 3 heteroatoms. The van der Waals surface area contributed by atoms with E-state index < -0.39 is 5.97 Å². The second-order valence-corrected chi connectivity index (χ2v) is 4.44. The average Bonchev–Trinajstić information content (AvgIpc) is 2.38. The maximum Gasteiger partial charge on any atom is 0.333 e. The molecule has 106 valence electrons. The Labute approximate surface area is 116 Å². The molecule has 0 spiro atoms. The van der Waals surface area contributed by atoms with Gasteiger partial charge in [-0.1, -0.05) is 37.5 Å². The highest BCUT2D eigenvalue weighted by Crippen LogP contribution is 2.14. The Balaban J connectivity index is 4.25. The van der Waals surface area contributed by atoms with E-state index in [2.05, 4.69) is 13.2 Å². The van der Waals surface area contributed by atoms with E-state index in [4.69, 9.17) is 4.74 Å². The van der Waals surface area contributed by atoms with Gasteiger partial charge in [-0.05, 0) is 32.3 Å². The Kier molecular flexibility index (Phi) is 9.45. The van der Waals surface area contributed by atoms with Crippen LogP contribution in [0.4, 0.5) is 0 Å². The summed E-state index contributed by atoms with van der Waals surface area (Å²) < 4.78 is 5.05. The average molecular weight is 264 g/mol. The van der Waals surface area contributed by atoms with Crippen molar-refractivity contribution in [3.63, 3.8) is 0 Å². The number of carbonyl (C=O) groups excluding carboxylic acids is 1. The molecule has 0 aromatic heterocycles. The molecule has 0 aliphatic carbocycles. The van der Waals surface area contributed by atoms with Crippen molar-refractivity contribution in [2.24, 2.45) is 5.92 Å². The highest BCUT2D eigenvalue weighted by atomic mass is 16.5. The third kappa shape index (κ3) is 8.16. The first kappa shape index (κ1) is 17.4. The van der Waals surface area contributed by atoms with Crippen molar-refractivity contribution >= 4 is 5.97 Å². The van der Waals surface area contributed by atoms with Gasteiger partial charge in [0.25, 0.3) is 0 Å². The number of hydrogen-bond acceptors (Lipinski definition) is 3. The summed E-state index contributed by atoms with van der Waals surface area (Å²) in [5, 5.41) is 9.28. The van der Waals surface area contributed by atoms with Crippen molar-refractivity contribution in [1.29, 1.82) is 0 Å². The largest absolute Gasteiger partial charge is 0.462 e. The molecule has 0 aromatic rings. The molecule has 0 heterocycles. The van der Waals surface area contributed by atoms with E-state index in [0.29, 0.717) is 5.57 Å². The predicted octanol–water partition coefficient (Wildman–Crippen LogP) is 3.18. The fourth-order valence-corrected chi connectivity index (χ4v) is 1.50. The van der Waals surface area contributed by atoms with Gasteiger partial charge in [0.2, 0.25) is 0 Å². The summed E-state index contributed by atoms with van der Waals surface area (Å²) in [6.45, 7) is 11.0. The number of aliphatic hydroxyl groups is 1. The van der Waals surface area contributed by atoms with Crippen LogP contribution in [0.25, 0.3) is 0 Å². The van der Waals surface area contributed by atoms with E-state index in [1.54, 1.807) is 13.0 Å². The van der Waals surface area contributed by atoms with Gasteiger partial charge in [-0.2, -0.15) is 0 Å². The first-order valence-corrected chi connectivity index (χ1v) is 6.42. The third-order valence-corrected chi connectivity index (χ3v) is 2.61. The first-order chi connectivity index (χ1) is 9.04. The van der Waals surface area contributed by atoms with Crippen molar-refractivity contribution in [1.82, 2.24) is 0 Å². The Morgan fingerprint density at radius 3 is 2.63 bits per heavy atom. The SMILES string of the molecule is C=C/C=C(\C=C/C)CCC(CO)COC(=O)C(=C)C. The second kappa shape index (κ2) is 10.3. The maximum absolute atomic E-state index is 11.3. The normalized spacial score (nSPS) is 13.3. The number of allylic oxidation sites excluding steroid dienone is 5. The number of ether oxygens (including phenoxy) is 1. The lowest BCUT2D eigenvalue weighted by molar-refractivity contribution is -0.140. The van der Waals surface area contributed by atoms with E-state index in [0.717, 1.165) is 18.4 Å². The monoisotopic (exact) mass is 264 g/mol. The summed E-state index contributed by atoms with van der Waals surface area (Å²) >= 11 is 0. The quantitative estimate of drug-likeness (QED) is 0.395. The molecule has 1 unspecified atom stereocenters. The van der Waals surface area contributed by atoms with Crippen molar-refractivity contribution in [3.05, 3.63) is 48.6 Å². The highest BCUT2D eigenvalue weighted by molar-refractivity contribution is 5.86. The maximum atomic E-state index is 11.3. The molecule has 0 saturated carbocycles. The lowest BCUT2D eigenvalue weighted by Gasteiger charge is -2.14. The van der Waals surface area contributed by atoms with Gasteiger partial charge in [-0.25, -0.2) is 4.79 Å². The van der Waals surface area contributed by atoms with Crippen LogP contribution in [0.2, 0.25) is 0 Å². The van der Waals surface area contributed by atoms with E-state index in [-0.39, 0.29) is 19.1 Å². The molecule has 0 saturated heterocycles. The van der Waals surface area contributed by atoms with E-state index >= 15 is 0 Å². The minimum absolute atomic E-state index is 0.000674. The van der Waals surface area contributed by atoms with Gasteiger partial charge < -0.3 is 9.84 Å². The smallest absolute Gasteiger partial charge is 0.333 e. The van der Waals surface area contributed by atoms with Crippen molar-refractivity contribution in [3.8, 4) is 0 Å². The van der Waals surface area contributed by atoms with Crippen molar-refractivity contribution in [2.75, 3.05) is 13.2 Å². The van der Waals surface area contributed by atoms with Gasteiger partial charge in [0, 0.05) is 18.1 Å². The van der Waals surface area contributed by atoms with Crippen molar-refractivity contribution < 1.29 is 14.6 Å². The van der Waals surface area contributed by atoms with Crippen LogP contribution in [0.15, 0.2) is 48.6 Å². The van der Waals surface area contributed by atoms with Crippen LogP contribution >= 0.6 is 0 Å². The summed E-state index contributed by atoms with van der Waals surface area (Å²) in [6, 6.07) is 0. The van der Waals surface area contributed by atoms with Crippen LogP contribution in [-0.2, 0) is 9.53 Å². The van der Waals surface area contributed by atoms with Gasteiger partial charge in [-0.3, -0.25) is 0 Å². The third-order valence-electron chi connectivity index (χ3n) is 2.61. The molecule has 19 heavy (non-hydrogen) atoms. The molecule has 0 fully saturated rings. The summed E-state index contributed by atoms with van der Waals surface area (Å²) in [6.07, 6.45) is 9.22. The number of hydrogen-bond donors (Lipinski definition) is 1. The molecule has 1 atom stereocenters. The fourth-order valence-electron chi connectivity index (χ4n) is 1.50. The summed E-state index contributed by atoms with van der Waals surface area (Å²) in [7, 11) is 0. The topological polar surface area (TPSA) is 46.5 Å². The molecule has 0 aliphatic heterocycles. The van der Waals surface area contributed by atoms with Gasteiger partial charge >= 0.3 is 5.97 Å². The molecule has 0 amide bonds. The Morgan fingerprint density at radius 1 is 1.47 bits per heavy atom. The summed E-state index contributed by atoms with van der Waals surface area (Å²) in [5.74, 6) is -0.462. The molecule has 3 nitrogen and oxygen atoms in total. The molecule has 0 aromatic carbocycles. The predicted molar refractivity (Wildman–Crippen MR) is 78.7 cm³/mol. The van der Waals surface area contributed by atoms with E-state index in [1.165, 1.54) is 0 Å². The Bertz CT molecular complexity index is 364. The zero-order valence-electron chi connectivity index (χ0n) is 11.9. The van der Waals surface area contributed by atoms with Crippen LogP contribution in [0.3, 0.4) is 0 Å². The number of aliphatic hydroxyl groups excluding tert-OH is 1. The minimum atomic E-state index is -0.409. The minimum Gasteiger partial charge on any atom is -0.462 e. The van der Waals surface area contributed by atoms with Gasteiger partial charge in [-0.15, -0.1) is 0 Å². The Morgan fingerprint density at radius 2 is 2.16 bits per heavy atom. The van der Waals surface area contributed by atoms with Gasteiger partial charge in [0.15, 0.2) is 0 Å². The van der Waals surface area contributed by atoms with Crippen LogP contribution in [0.1, 0.15) is 26.7 Å². The molecule has 0 rings (SSSR count). The van der Waals surface area contributed by atoms with Crippen LogP contribution in [-0.4, -0.2) is 24.3 Å². The van der Waals surface area contributed by atoms with Crippen molar-refractivity contribution in [2.45, 2.75) is 26.7 Å². The summed E-state index contributed by atoms with van der Waals surface area (Å²) in [4.78, 5) is 11.3. The second-order valence-electron chi connectivity index (χ2n) is 4.44. The fraction of sp³-hybridized carbons (Fsp3) is 0.438. The van der Waals surface area contributed by atoms with Crippen LogP contribution in [0.5, 0.6) is 0 Å². The first-order valence-electron chi connectivity index (χ1n) is 6.42. The molecule has 1 N–H and O–H groups in total. The molecule has 0 bridgehead atoms. The standard InChI is InChI=1S/C16H24O3/c1-5-7-14(8-6-2)9-10-15(11-17)12-19-16(18)13(3)4/h5-8,15,17H,1,3,9-12H2,2,4H3/b8-6-,14-7+. The molecular formula is C16H24O3. The highest BCUT2D eigenvalue weighted by Gasteiger charge is 2.11. The molecular weight excluding hydrogens is 240 g/mol. The van der Waals surface area contributed by atoms with Crippen LogP contribution in [0, 0.1) is 5.92 Å². The van der Waals surface area contributed by atoms with Gasteiger partial charge in [0.05, 0.1) is 6.61 Å². The summed E-state index contributed by atoms with van der Waals surface area (Å²) in [5.41, 5.74) is 1.51. The zero-order chi connectivity index (χ0) is 14.7. The van der Waals surface area contributed by atoms with Gasteiger partial charge in [0.1, 0.15) is 0 Å². The Hall–Kier alpha value is -1.61. The molecule has 0 radical (unpaired) electrons. The number of rotatable bonds is 9. The number of carbonyl (C=O) groups is 1. The lowest BCUT2D eigenvalue weighted by atomic mass is 10.00. The lowest BCUT2D eigenvalue weighted by Crippen LogP contribution is -2.17. The zero-order valence-corrected chi connectivity index (χ0v) is 11.9. The van der Waals surface area contributed by atoms with E-state index in [9.17, 15) is 9.90 Å². The number of esters is 1. The van der Waals surface area contributed by atoms with Crippen LogP contribution < -0.4 is 0 Å².